The number of hydrogen-bond acceptors (Lipinski definition) is 4. The second-order valence-corrected chi connectivity index (χ2v) is 7.12. The molecule has 0 radical (unpaired) electrons. The number of carbonyl (C=O) groups is 1. The van der Waals surface area contributed by atoms with Crippen LogP contribution >= 0.6 is 0 Å². The maximum absolute atomic E-state index is 12.5. The number of benzene rings is 2. The molecule has 2 aromatic carbocycles. The summed E-state index contributed by atoms with van der Waals surface area (Å²) in [4.78, 5) is 12.5. The molecular formula is C22H23F2N3O2. The molecule has 0 unspecified atom stereocenters. The van der Waals surface area contributed by atoms with Crippen molar-refractivity contribution >= 4 is 5.91 Å². The van der Waals surface area contributed by atoms with E-state index in [1.165, 1.54) is 12.1 Å². The number of rotatable bonds is 8. The van der Waals surface area contributed by atoms with Crippen molar-refractivity contribution in [2.45, 2.75) is 43.9 Å². The topological polar surface area (TPSA) is 74.2 Å². The van der Waals surface area contributed by atoms with E-state index < -0.39 is 12.2 Å². The minimum Gasteiger partial charge on any atom is -0.435 e. The molecule has 152 valence electrons. The SMILES string of the molecule is N#CC1(NC(=O)CN[C@H](c2ccccc2)c2ccc(OC(F)F)cc2)CCCC1. The lowest BCUT2D eigenvalue weighted by atomic mass is 9.98. The lowest BCUT2D eigenvalue weighted by Gasteiger charge is -2.24. The van der Waals surface area contributed by atoms with Crippen molar-refractivity contribution in [2.75, 3.05) is 6.54 Å². The van der Waals surface area contributed by atoms with Gasteiger partial charge < -0.3 is 10.1 Å². The maximum Gasteiger partial charge on any atom is 0.387 e. The minimum atomic E-state index is -2.88. The average Bonchev–Trinajstić information content (AvgIpc) is 3.18. The monoisotopic (exact) mass is 399 g/mol. The molecular weight excluding hydrogens is 376 g/mol. The van der Waals surface area contributed by atoms with Crippen molar-refractivity contribution in [1.29, 1.82) is 5.26 Å². The Morgan fingerprint density at radius 2 is 1.69 bits per heavy atom. The summed E-state index contributed by atoms with van der Waals surface area (Å²) in [5.41, 5.74) is 0.968. The standard InChI is InChI=1S/C22H23F2N3O2/c23-21(24)29-18-10-8-17(9-11-18)20(16-6-2-1-3-7-16)26-14-19(28)27-22(15-25)12-4-5-13-22/h1-3,6-11,20-21,26H,4-5,12-14H2,(H,27,28)/t20-/m1/s1. The van der Waals surface area contributed by atoms with Crippen molar-refractivity contribution in [1.82, 2.24) is 10.6 Å². The minimum absolute atomic E-state index is 0.0261. The number of nitriles is 1. The van der Waals surface area contributed by atoms with Gasteiger partial charge in [0, 0.05) is 0 Å². The lowest BCUT2D eigenvalue weighted by Crippen LogP contribution is -2.48. The molecule has 7 heteroatoms. The molecule has 2 N–H and O–H groups in total. The van der Waals surface area contributed by atoms with Crippen LogP contribution in [0.5, 0.6) is 5.75 Å². The highest BCUT2D eigenvalue weighted by molar-refractivity contribution is 5.79. The van der Waals surface area contributed by atoms with Gasteiger partial charge in [-0.15, -0.1) is 0 Å². The zero-order chi connectivity index (χ0) is 20.7. The number of amides is 1. The van der Waals surface area contributed by atoms with Gasteiger partial charge in [-0.25, -0.2) is 0 Å². The number of alkyl halides is 2. The number of hydrogen-bond donors (Lipinski definition) is 2. The van der Waals surface area contributed by atoms with E-state index in [4.69, 9.17) is 0 Å². The van der Waals surface area contributed by atoms with Crippen molar-refractivity contribution in [3.63, 3.8) is 0 Å². The van der Waals surface area contributed by atoms with E-state index >= 15 is 0 Å². The van der Waals surface area contributed by atoms with Crippen LogP contribution in [0.2, 0.25) is 0 Å². The van der Waals surface area contributed by atoms with Gasteiger partial charge in [0.1, 0.15) is 11.3 Å². The first-order valence-corrected chi connectivity index (χ1v) is 9.57. The third-order valence-corrected chi connectivity index (χ3v) is 5.09. The van der Waals surface area contributed by atoms with Gasteiger partial charge in [-0.3, -0.25) is 10.1 Å². The summed E-state index contributed by atoms with van der Waals surface area (Å²) >= 11 is 0. The summed E-state index contributed by atoms with van der Waals surface area (Å²) in [6.07, 6.45) is 3.20. The zero-order valence-corrected chi connectivity index (χ0v) is 15.9. The molecule has 0 aromatic heterocycles. The summed E-state index contributed by atoms with van der Waals surface area (Å²) in [5, 5.41) is 15.5. The largest absolute Gasteiger partial charge is 0.435 e. The second kappa shape index (κ2) is 9.48. The van der Waals surface area contributed by atoms with Crippen molar-refractivity contribution in [2.24, 2.45) is 0 Å². The molecule has 2 aromatic rings. The smallest absolute Gasteiger partial charge is 0.387 e. The summed E-state index contributed by atoms with van der Waals surface area (Å²) in [6, 6.07) is 17.8. The quantitative estimate of drug-likeness (QED) is 0.706. The van der Waals surface area contributed by atoms with Crippen LogP contribution in [0.1, 0.15) is 42.9 Å². The second-order valence-electron chi connectivity index (χ2n) is 7.12. The fourth-order valence-corrected chi connectivity index (χ4v) is 3.66. The summed E-state index contributed by atoms with van der Waals surface area (Å²) in [5.74, 6) is -0.169. The average molecular weight is 399 g/mol. The van der Waals surface area contributed by atoms with Crippen LogP contribution in [0.15, 0.2) is 54.6 Å². The van der Waals surface area contributed by atoms with Crippen molar-refractivity contribution in [3.05, 3.63) is 65.7 Å². The van der Waals surface area contributed by atoms with E-state index in [2.05, 4.69) is 21.4 Å². The Kier molecular flexibility index (Phi) is 6.78. The normalized spacial score (nSPS) is 16.2. The molecule has 5 nitrogen and oxygen atoms in total. The Balaban J connectivity index is 1.71. The van der Waals surface area contributed by atoms with Gasteiger partial charge in [0.05, 0.1) is 18.7 Å². The molecule has 0 heterocycles. The van der Waals surface area contributed by atoms with Crippen LogP contribution in [-0.4, -0.2) is 24.6 Å². The molecule has 1 saturated carbocycles. The molecule has 0 spiro atoms. The van der Waals surface area contributed by atoms with E-state index in [0.717, 1.165) is 24.0 Å². The summed E-state index contributed by atoms with van der Waals surface area (Å²) < 4.78 is 29.2. The van der Waals surface area contributed by atoms with Gasteiger partial charge in [0.2, 0.25) is 5.91 Å². The fraction of sp³-hybridized carbons (Fsp3) is 0.364. The van der Waals surface area contributed by atoms with E-state index in [-0.39, 0.29) is 24.2 Å². The Morgan fingerprint density at radius 3 is 2.28 bits per heavy atom. The Labute approximate surface area is 168 Å². The van der Waals surface area contributed by atoms with Crippen LogP contribution in [-0.2, 0) is 4.79 Å². The number of nitrogens with one attached hydrogen (secondary N) is 2. The molecule has 1 atom stereocenters. The lowest BCUT2D eigenvalue weighted by molar-refractivity contribution is -0.121. The van der Waals surface area contributed by atoms with Crippen LogP contribution in [0, 0.1) is 11.3 Å². The molecule has 1 fully saturated rings. The first kappa shape index (κ1) is 20.7. The molecule has 3 rings (SSSR count). The molecule has 1 aliphatic rings. The molecule has 0 saturated heterocycles. The highest BCUT2D eigenvalue weighted by Gasteiger charge is 2.35. The van der Waals surface area contributed by atoms with Gasteiger partial charge in [-0.2, -0.15) is 14.0 Å². The third kappa shape index (κ3) is 5.52. The zero-order valence-electron chi connectivity index (χ0n) is 15.9. The first-order chi connectivity index (χ1) is 14.0. The Bertz CT molecular complexity index is 845. The van der Waals surface area contributed by atoms with Crippen LogP contribution in [0.3, 0.4) is 0 Å². The number of ether oxygens (including phenoxy) is 1. The number of carbonyl (C=O) groups excluding carboxylic acids is 1. The van der Waals surface area contributed by atoms with Gasteiger partial charge in [-0.1, -0.05) is 42.5 Å². The molecule has 0 aliphatic heterocycles. The van der Waals surface area contributed by atoms with Gasteiger partial charge in [-0.05, 0) is 48.9 Å². The van der Waals surface area contributed by atoms with Gasteiger partial charge in [0.15, 0.2) is 0 Å². The van der Waals surface area contributed by atoms with Crippen molar-refractivity contribution < 1.29 is 18.3 Å². The van der Waals surface area contributed by atoms with Gasteiger partial charge >= 0.3 is 6.61 Å². The maximum atomic E-state index is 12.5. The Morgan fingerprint density at radius 1 is 1.07 bits per heavy atom. The van der Waals surface area contributed by atoms with E-state index in [1.54, 1.807) is 12.1 Å². The predicted octanol–water partition coefficient (Wildman–Crippen LogP) is 3.92. The third-order valence-electron chi connectivity index (χ3n) is 5.09. The van der Waals surface area contributed by atoms with Gasteiger partial charge in [0.25, 0.3) is 0 Å². The number of nitrogens with zero attached hydrogens (tertiary/aromatic N) is 1. The van der Waals surface area contributed by atoms with E-state index in [1.807, 2.05) is 30.3 Å². The van der Waals surface area contributed by atoms with Crippen LogP contribution in [0.4, 0.5) is 8.78 Å². The van der Waals surface area contributed by atoms with E-state index in [9.17, 15) is 18.8 Å². The summed E-state index contributed by atoms with van der Waals surface area (Å²) in [6.45, 7) is -2.85. The first-order valence-electron chi connectivity index (χ1n) is 9.57. The molecule has 1 aliphatic carbocycles. The number of halogens is 2. The highest BCUT2D eigenvalue weighted by atomic mass is 19.3. The summed E-state index contributed by atoms with van der Waals surface area (Å²) in [7, 11) is 0. The molecule has 29 heavy (non-hydrogen) atoms. The van der Waals surface area contributed by atoms with E-state index in [0.29, 0.717) is 12.8 Å². The molecule has 1 amide bonds. The van der Waals surface area contributed by atoms with Crippen molar-refractivity contribution in [3.8, 4) is 11.8 Å². The predicted molar refractivity (Wildman–Crippen MR) is 104 cm³/mol. The van der Waals surface area contributed by atoms with Crippen LogP contribution < -0.4 is 15.4 Å². The van der Waals surface area contributed by atoms with Crippen LogP contribution in [0.25, 0.3) is 0 Å². The highest BCUT2D eigenvalue weighted by Crippen LogP contribution is 2.29. The Hall–Kier alpha value is -2.98. The fourth-order valence-electron chi connectivity index (χ4n) is 3.66. The molecule has 0 bridgehead atoms.